The molecule has 0 radical (unpaired) electrons. The largest absolute Gasteiger partial charge is 0.355 e. The first kappa shape index (κ1) is 16.7. The molecule has 2 aromatic rings. The van der Waals surface area contributed by atoms with Gasteiger partial charge in [0.1, 0.15) is 5.69 Å². The van der Waals surface area contributed by atoms with E-state index in [-0.39, 0.29) is 11.3 Å². The van der Waals surface area contributed by atoms with Crippen molar-refractivity contribution in [3.63, 3.8) is 0 Å². The summed E-state index contributed by atoms with van der Waals surface area (Å²) in [6.07, 6.45) is 3.93. The van der Waals surface area contributed by atoms with Crippen LogP contribution in [0.4, 0.5) is 5.69 Å². The lowest BCUT2D eigenvalue weighted by Crippen LogP contribution is -2.16. The second-order valence-corrected chi connectivity index (χ2v) is 5.51. The van der Waals surface area contributed by atoms with Gasteiger partial charge in [0.05, 0.1) is 0 Å². The number of aromatic amines is 1. The number of nitrogens with one attached hydrogen (secondary N) is 2. The van der Waals surface area contributed by atoms with Gasteiger partial charge < -0.3 is 10.3 Å². The molecule has 0 unspecified atom stereocenters. The zero-order valence-electron chi connectivity index (χ0n) is 13.9. The van der Waals surface area contributed by atoms with E-state index in [9.17, 15) is 9.59 Å². The highest BCUT2D eigenvalue weighted by Gasteiger charge is 2.10. The molecule has 0 aliphatic carbocycles. The third-order valence-corrected chi connectivity index (χ3v) is 3.44. The summed E-state index contributed by atoms with van der Waals surface area (Å²) in [5.41, 5.74) is 4.59. The molecule has 0 saturated heterocycles. The monoisotopic (exact) mass is 311 g/mol. The summed E-state index contributed by atoms with van der Waals surface area (Å²) in [6, 6.07) is 5.72. The number of hydrogen-bond donors (Lipinski definition) is 2. The van der Waals surface area contributed by atoms with Crippen molar-refractivity contribution in [1.29, 1.82) is 0 Å². The van der Waals surface area contributed by atoms with Gasteiger partial charge in [0.2, 0.25) is 0 Å². The summed E-state index contributed by atoms with van der Waals surface area (Å²) in [6.45, 7) is 7.15. The number of H-pyrrole nitrogens is 1. The molecule has 2 aromatic heterocycles. The number of allylic oxidation sites excluding steroid dienone is 2. The summed E-state index contributed by atoms with van der Waals surface area (Å²) in [5, 5.41) is 3.00. The van der Waals surface area contributed by atoms with Crippen LogP contribution in [0.1, 0.15) is 32.2 Å². The van der Waals surface area contributed by atoms with Gasteiger partial charge in [-0.05, 0) is 57.0 Å². The van der Waals surface area contributed by atoms with E-state index < -0.39 is 0 Å². The Kier molecular flexibility index (Phi) is 5.11. The second-order valence-electron chi connectivity index (χ2n) is 5.51. The molecule has 0 aliphatic heterocycles. The SMILES string of the molecule is CCc1[nH]c(=O)c(NC(C)=CC(C)=O)cc1-c1ccnc(C)c1. The minimum Gasteiger partial charge on any atom is -0.355 e. The molecular formula is C18H21N3O2. The zero-order chi connectivity index (χ0) is 17.0. The Morgan fingerprint density at radius 3 is 2.70 bits per heavy atom. The van der Waals surface area contributed by atoms with Crippen LogP contribution in [-0.2, 0) is 11.2 Å². The first-order valence-electron chi connectivity index (χ1n) is 7.55. The van der Waals surface area contributed by atoms with Crippen molar-refractivity contribution < 1.29 is 4.79 Å². The van der Waals surface area contributed by atoms with E-state index in [4.69, 9.17) is 0 Å². The average Bonchev–Trinajstić information content (AvgIpc) is 2.48. The van der Waals surface area contributed by atoms with Crippen molar-refractivity contribution in [2.75, 3.05) is 5.32 Å². The lowest BCUT2D eigenvalue weighted by Gasteiger charge is -2.12. The van der Waals surface area contributed by atoms with E-state index in [1.165, 1.54) is 13.0 Å². The van der Waals surface area contributed by atoms with Crippen LogP contribution < -0.4 is 10.9 Å². The zero-order valence-corrected chi connectivity index (χ0v) is 13.9. The van der Waals surface area contributed by atoms with E-state index in [1.54, 1.807) is 13.1 Å². The third kappa shape index (κ3) is 4.16. The number of ketones is 1. The van der Waals surface area contributed by atoms with Gasteiger partial charge in [-0.2, -0.15) is 0 Å². The molecule has 0 atom stereocenters. The third-order valence-electron chi connectivity index (χ3n) is 3.44. The van der Waals surface area contributed by atoms with Crippen molar-refractivity contribution >= 4 is 11.5 Å². The van der Waals surface area contributed by atoms with Gasteiger partial charge in [-0.15, -0.1) is 0 Å². The van der Waals surface area contributed by atoms with Crippen molar-refractivity contribution in [3.8, 4) is 11.1 Å². The van der Waals surface area contributed by atoms with Gasteiger partial charge in [-0.1, -0.05) is 6.92 Å². The van der Waals surface area contributed by atoms with E-state index in [2.05, 4.69) is 15.3 Å². The molecule has 0 bridgehead atoms. The van der Waals surface area contributed by atoms with Crippen molar-refractivity contribution in [1.82, 2.24) is 9.97 Å². The van der Waals surface area contributed by atoms with Crippen molar-refractivity contribution in [2.45, 2.75) is 34.1 Å². The maximum atomic E-state index is 12.2. The highest BCUT2D eigenvalue weighted by Crippen LogP contribution is 2.24. The summed E-state index contributed by atoms with van der Waals surface area (Å²) in [4.78, 5) is 30.5. The maximum absolute atomic E-state index is 12.2. The number of nitrogens with zero attached hydrogens (tertiary/aromatic N) is 1. The fourth-order valence-corrected chi connectivity index (χ4v) is 2.46. The van der Waals surface area contributed by atoms with Crippen LogP contribution in [0.2, 0.25) is 0 Å². The average molecular weight is 311 g/mol. The molecule has 5 heteroatoms. The van der Waals surface area contributed by atoms with Gasteiger partial charge in [0.25, 0.3) is 5.56 Å². The molecule has 0 fully saturated rings. The number of aryl methyl sites for hydroxylation is 2. The Hall–Kier alpha value is -2.69. The Morgan fingerprint density at radius 2 is 2.09 bits per heavy atom. The summed E-state index contributed by atoms with van der Waals surface area (Å²) in [5.74, 6) is -0.0680. The van der Waals surface area contributed by atoms with E-state index >= 15 is 0 Å². The van der Waals surface area contributed by atoms with Gasteiger partial charge in [0, 0.05) is 28.8 Å². The van der Waals surface area contributed by atoms with Crippen LogP contribution in [0.15, 0.2) is 41.0 Å². The van der Waals surface area contributed by atoms with Crippen LogP contribution in [0.5, 0.6) is 0 Å². The Labute approximate surface area is 135 Å². The standard InChI is InChI=1S/C18H21N3O2/c1-5-16-15(14-6-7-19-11(2)9-14)10-17(18(23)21-16)20-12(3)8-13(4)22/h6-10,20H,5H2,1-4H3,(H,21,23). The smallest absolute Gasteiger partial charge is 0.271 e. The number of rotatable bonds is 5. The number of carbonyl (C=O) groups excluding carboxylic acids is 1. The number of aromatic nitrogens is 2. The highest BCUT2D eigenvalue weighted by atomic mass is 16.1. The van der Waals surface area contributed by atoms with Gasteiger partial charge in [-0.3, -0.25) is 14.6 Å². The summed E-state index contributed by atoms with van der Waals surface area (Å²) in [7, 11) is 0. The minimum atomic E-state index is -0.201. The topological polar surface area (TPSA) is 74.8 Å². The number of pyridine rings is 2. The Morgan fingerprint density at radius 1 is 1.35 bits per heavy atom. The summed E-state index contributed by atoms with van der Waals surface area (Å²) < 4.78 is 0. The molecule has 2 heterocycles. The number of carbonyl (C=O) groups is 1. The van der Waals surface area contributed by atoms with Gasteiger partial charge in [-0.25, -0.2) is 0 Å². The van der Waals surface area contributed by atoms with E-state index in [0.717, 1.165) is 22.5 Å². The number of anilines is 1. The minimum absolute atomic E-state index is 0.0680. The predicted molar refractivity (Wildman–Crippen MR) is 92.5 cm³/mol. The normalized spacial score (nSPS) is 11.4. The molecule has 0 spiro atoms. The molecule has 0 saturated carbocycles. The molecular weight excluding hydrogens is 290 g/mol. The first-order chi connectivity index (χ1) is 10.9. The molecule has 0 amide bonds. The van der Waals surface area contributed by atoms with Crippen molar-refractivity contribution in [2.24, 2.45) is 0 Å². The molecule has 120 valence electrons. The van der Waals surface area contributed by atoms with Crippen LogP contribution in [0.25, 0.3) is 11.1 Å². The molecule has 0 aromatic carbocycles. The highest BCUT2D eigenvalue weighted by molar-refractivity contribution is 5.88. The fraction of sp³-hybridized carbons (Fsp3) is 0.278. The van der Waals surface area contributed by atoms with Gasteiger partial charge in [0.15, 0.2) is 5.78 Å². The lowest BCUT2D eigenvalue weighted by molar-refractivity contribution is -0.112. The molecule has 2 N–H and O–H groups in total. The Balaban J connectivity index is 2.52. The van der Waals surface area contributed by atoms with E-state index in [0.29, 0.717) is 17.8 Å². The van der Waals surface area contributed by atoms with E-state index in [1.807, 2.05) is 32.0 Å². The van der Waals surface area contributed by atoms with Crippen LogP contribution in [-0.4, -0.2) is 15.8 Å². The quantitative estimate of drug-likeness (QED) is 0.831. The second kappa shape index (κ2) is 7.05. The van der Waals surface area contributed by atoms with Crippen LogP contribution in [0.3, 0.4) is 0 Å². The molecule has 23 heavy (non-hydrogen) atoms. The van der Waals surface area contributed by atoms with Crippen LogP contribution >= 0.6 is 0 Å². The maximum Gasteiger partial charge on any atom is 0.271 e. The first-order valence-corrected chi connectivity index (χ1v) is 7.55. The van der Waals surface area contributed by atoms with Crippen molar-refractivity contribution in [3.05, 3.63) is 57.9 Å². The predicted octanol–water partition coefficient (Wildman–Crippen LogP) is 3.21. The summed E-state index contributed by atoms with van der Waals surface area (Å²) >= 11 is 0. The fourth-order valence-electron chi connectivity index (χ4n) is 2.46. The van der Waals surface area contributed by atoms with Crippen LogP contribution in [0, 0.1) is 6.92 Å². The van der Waals surface area contributed by atoms with Gasteiger partial charge >= 0.3 is 0 Å². The molecule has 2 rings (SSSR count). The molecule has 5 nitrogen and oxygen atoms in total. The lowest BCUT2D eigenvalue weighted by atomic mass is 10.0. The molecule has 0 aliphatic rings. The number of hydrogen-bond acceptors (Lipinski definition) is 4. The Bertz CT molecular complexity index is 819.